The van der Waals surface area contributed by atoms with Crippen molar-refractivity contribution in [1.82, 2.24) is 20.2 Å². The third-order valence-electron chi connectivity index (χ3n) is 5.71. The van der Waals surface area contributed by atoms with Gasteiger partial charge in [-0.1, -0.05) is 6.08 Å². The maximum Gasteiger partial charge on any atom is 0.255 e. The van der Waals surface area contributed by atoms with E-state index < -0.39 is 17.3 Å². The van der Waals surface area contributed by atoms with Crippen LogP contribution in [0.4, 0.5) is 10.3 Å². The highest BCUT2D eigenvalue weighted by Crippen LogP contribution is 2.47. The lowest BCUT2D eigenvalue weighted by molar-refractivity contribution is -0.133. The Bertz CT molecular complexity index is 978. The van der Waals surface area contributed by atoms with Gasteiger partial charge in [-0.2, -0.15) is 14.6 Å². The molecule has 3 atom stereocenters. The third kappa shape index (κ3) is 2.90. The number of aromatic nitrogens is 2. The van der Waals surface area contributed by atoms with Gasteiger partial charge >= 0.3 is 0 Å². The van der Waals surface area contributed by atoms with Crippen LogP contribution in [0.5, 0.6) is 5.88 Å². The van der Waals surface area contributed by atoms with Crippen molar-refractivity contribution in [3.63, 3.8) is 0 Å². The number of ether oxygens (including phenoxy) is 1. The number of thioether (sulfide) groups is 1. The lowest BCUT2D eigenvalue weighted by Gasteiger charge is -2.46. The molecule has 3 aliphatic heterocycles. The molecule has 29 heavy (non-hydrogen) atoms. The molecule has 0 saturated carbocycles. The molecule has 2 fully saturated rings. The number of nitriles is 1. The zero-order chi connectivity index (χ0) is 20.9. The quantitative estimate of drug-likeness (QED) is 0.748. The van der Waals surface area contributed by atoms with Crippen LogP contribution in [0.3, 0.4) is 0 Å². The number of anilines is 1. The molecule has 0 spiro atoms. The predicted molar refractivity (Wildman–Crippen MR) is 105 cm³/mol. The SMILES string of the molecule is COc1nc(N2C[C@H]3C(=O)N(C)C(=N)N[C@@]3(C3CC=C(C#N)S3)C2)nc(C)c1F. The van der Waals surface area contributed by atoms with Crippen molar-refractivity contribution in [2.45, 2.75) is 24.1 Å². The first kappa shape index (κ1) is 19.4. The predicted octanol–water partition coefficient (Wildman–Crippen LogP) is 1.02. The Hall–Kier alpha value is -2.87. The Labute approximate surface area is 171 Å². The third-order valence-corrected chi connectivity index (χ3v) is 7.12. The molecule has 0 bridgehead atoms. The highest BCUT2D eigenvalue weighted by atomic mass is 32.2. The number of allylic oxidation sites excluding steroid dienone is 2. The fourth-order valence-electron chi connectivity index (χ4n) is 4.15. The first-order valence-corrected chi connectivity index (χ1v) is 9.93. The molecule has 152 valence electrons. The van der Waals surface area contributed by atoms with Crippen LogP contribution in [0, 0.1) is 35.4 Å². The standard InChI is InChI=1S/C18H20FN7O2S/c1-9-13(19)14(28-3)23-17(22-9)26-7-11-15(27)25(2)16(21)24-18(11,8-26)12-5-4-10(6-20)29-12/h4,11-12H,5,7-8H2,1-3H3,(H2,21,24)/t11-,12?,18-/m0/s1. The number of rotatable bonds is 3. The van der Waals surface area contributed by atoms with E-state index in [1.54, 1.807) is 7.05 Å². The first-order chi connectivity index (χ1) is 13.8. The Morgan fingerprint density at radius 1 is 1.52 bits per heavy atom. The Kier molecular flexibility index (Phi) is 4.61. The van der Waals surface area contributed by atoms with Crippen molar-refractivity contribution in [2.75, 3.05) is 32.1 Å². The summed E-state index contributed by atoms with van der Waals surface area (Å²) in [7, 11) is 2.90. The Morgan fingerprint density at radius 3 is 2.93 bits per heavy atom. The number of guanidine groups is 1. The van der Waals surface area contributed by atoms with E-state index in [-0.39, 0.29) is 34.6 Å². The van der Waals surface area contributed by atoms with Gasteiger partial charge in [0.2, 0.25) is 17.7 Å². The second kappa shape index (κ2) is 6.88. The van der Waals surface area contributed by atoms with E-state index in [9.17, 15) is 14.4 Å². The minimum Gasteiger partial charge on any atom is -0.479 e. The maximum atomic E-state index is 14.1. The van der Waals surface area contributed by atoms with Gasteiger partial charge in [0.15, 0.2) is 5.96 Å². The summed E-state index contributed by atoms with van der Waals surface area (Å²) >= 11 is 1.42. The highest BCUT2D eigenvalue weighted by molar-refractivity contribution is 8.04. The highest BCUT2D eigenvalue weighted by Gasteiger charge is 2.60. The second-order valence-corrected chi connectivity index (χ2v) is 8.54. The van der Waals surface area contributed by atoms with Crippen LogP contribution in [0.1, 0.15) is 12.1 Å². The zero-order valence-corrected chi connectivity index (χ0v) is 17.0. The van der Waals surface area contributed by atoms with Crippen LogP contribution in [0.2, 0.25) is 0 Å². The number of amides is 1. The molecule has 1 aromatic rings. The van der Waals surface area contributed by atoms with E-state index >= 15 is 0 Å². The number of methoxy groups -OCH3 is 1. The molecule has 2 saturated heterocycles. The molecular formula is C18H20FN7O2S. The molecule has 1 unspecified atom stereocenters. The summed E-state index contributed by atoms with van der Waals surface area (Å²) in [5.74, 6) is -1.11. The zero-order valence-electron chi connectivity index (χ0n) is 16.2. The van der Waals surface area contributed by atoms with Gasteiger partial charge in [-0.25, -0.2) is 4.98 Å². The number of hydrogen-bond donors (Lipinski definition) is 2. The van der Waals surface area contributed by atoms with Crippen LogP contribution >= 0.6 is 11.8 Å². The number of halogens is 1. The summed E-state index contributed by atoms with van der Waals surface area (Å²) in [6.07, 6.45) is 2.47. The normalized spacial score (nSPS) is 28.7. The van der Waals surface area contributed by atoms with Crippen LogP contribution < -0.4 is 15.0 Å². The number of hydrogen-bond acceptors (Lipinski definition) is 8. The van der Waals surface area contributed by atoms with Gasteiger partial charge < -0.3 is 15.0 Å². The topological polar surface area (TPSA) is 118 Å². The number of carbonyl (C=O) groups excluding carboxylic acids is 1. The molecule has 3 aliphatic rings. The molecule has 0 aromatic carbocycles. The van der Waals surface area contributed by atoms with Crippen LogP contribution in [0.25, 0.3) is 0 Å². The largest absolute Gasteiger partial charge is 0.479 e. The second-order valence-electron chi connectivity index (χ2n) is 7.30. The van der Waals surface area contributed by atoms with Crippen LogP contribution in [0.15, 0.2) is 11.0 Å². The molecule has 2 N–H and O–H groups in total. The molecule has 9 nitrogen and oxygen atoms in total. The molecule has 1 amide bonds. The van der Waals surface area contributed by atoms with Crippen LogP contribution in [-0.2, 0) is 4.79 Å². The van der Waals surface area contributed by atoms with E-state index in [2.05, 4.69) is 21.4 Å². The monoisotopic (exact) mass is 417 g/mol. The van der Waals surface area contributed by atoms with E-state index in [1.807, 2.05) is 11.0 Å². The van der Waals surface area contributed by atoms with Gasteiger partial charge in [0.05, 0.1) is 29.2 Å². The van der Waals surface area contributed by atoms with E-state index in [4.69, 9.17) is 10.1 Å². The summed E-state index contributed by atoms with van der Waals surface area (Å²) < 4.78 is 19.1. The van der Waals surface area contributed by atoms with Gasteiger partial charge in [-0.3, -0.25) is 15.1 Å². The summed E-state index contributed by atoms with van der Waals surface area (Å²) in [6, 6.07) is 2.16. The van der Waals surface area contributed by atoms with E-state index in [0.29, 0.717) is 24.4 Å². The van der Waals surface area contributed by atoms with Crippen molar-refractivity contribution in [3.05, 3.63) is 22.5 Å². The first-order valence-electron chi connectivity index (χ1n) is 9.05. The molecule has 11 heteroatoms. The lowest BCUT2D eigenvalue weighted by Crippen LogP contribution is -2.70. The molecule has 4 rings (SSSR count). The number of carbonyl (C=O) groups is 1. The van der Waals surface area contributed by atoms with Crippen molar-refractivity contribution in [1.29, 1.82) is 10.7 Å². The lowest BCUT2D eigenvalue weighted by atomic mass is 9.80. The summed E-state index contributed by atoms with van der Waals surface area (Å²) in [4.78, 5) is 25.2. The average molecular weight is 417 g/mol. The number of fused-ring (bicyclic) bond motifs is 1. The smallest absolute Gasteiger partial charge is 0.255 e. The van der Waals surface area contributed by atoms with E-state index in [1.165, 1.54) is 30.7 Å². The van der Waals surface area contributed by atoms with Crippen molar-refractivity contribution in [3.8, 4) is 11.9 Å². The van der Waals surface area contributed by atoms with Gasteiger partial charge in [-0.15, -0.1) is 11.8 Å². The summed E-state index contributed by atoms with van der Waals surface area (Å²) in [5, 5.41) is 20.6. The molecule has 1 aromatic heterocycles. The Balaban J connectivity index is 1.73. The van der Waals surface area contributed by atoms with Gasteiger partial charge in [-0.05, 0) is 13.3 Å². The fraction of sp³-hybridized carbons (Fsp3) is 0.500. The van der Waals surface area contributed by atoms with Crippen molar-refractivity contribution < 1.29 is 13.9 Å². The maximum absolute atomic E-state index is 14.1. The number of aryl methyl sites for hydroxylation is 1. The minimum atomic E-state index is -0.765. The molecule has 4 heterocycles. The van der Waals surface area contributed by atoms with Gasteiger partial charge in [0.1, 0.15) is 6.07 Å². The van der Waals surface area contributed by atoms with Crippen LogP contribution in [-0.4, -0.2) is 64.8 Å². The summed E-state index contributed by atoms with van der Waals surface area (Å²) in [5.41, 5.74) is -0.608. The average Bonchev–Trinajstić information content (AvgIpc) is 3.34. The summed E-state index contributed by atoms with van der Waals surface area (Å²) in [6.45, 7) is 2.19. The van der Waals surface area contributed by atoms with E-state index in [0.717, 1.165) is 0 Å². The molecule has 0 radical (unpaired) electrons. The van der Waals surface area contributed by atoms with Gasteiger partial charge in [0, 0.05) is 25.4 Å². The Morgan fingerprint density at radius 2 is 2.28 bits per heavy atom. The van der Waals surface area contributed by atoms with Gasteiger partial charge in [0.25, 0.3) is 5.88 Å². The number of nitrogens with one attached hydrogen (secondary N) is 2. The van der Waals surface area contributed by atoms with Crippen molar-refractivity contribution in [2.24, 2.45) is 5.92 Å². The fourth-order valence-corrected chi connectivity index (χ4v) is 5.40. The van der Waals surface area contributed by atoms with Crippen molar-refractivity contribution >= 4 is 29.6 Å². The molecular weight excluding hydrogens is 397 g/mol. The number of nitrogens with zero attached hydrogens (tertiary/aromatic N) is 5. The molecule has 0 aliphatic carbocycles. The minimum absolute atomic E-state index is 0.0212.